The van der Waals surface area contributed by atoms with Gasteiger partial charge in [-0.15, -0.1) is 11.3 Å². The zero-order valence-electron chi connectivity index (χ0n) is 12.4. The molecule has 112 valence electrons. The van der Waals surface area contributed by atoms with E-state index < -0.39 is 6.04 Å². The molecule has 0 fully saturated rings. The predicted molar refractivity (Wildman–Crippen MR) is 87.9 cm³/mol. The molecule has 1 N–H and O–H groups in total. The van der Waals surface area contributed by atoms with E-state index >= 15 is 0 Å². The number of aromatic nitrogens is 3. The molecule has 0 aliphatic carbocycles. The number of carbonyl (C=O) groups excluding carboxylic acids is 1. The fraction of sp³-hybridized carbons (Fsp3) is 0.188. The van der Waals surface area contributed by atoms with Crippen LogP contribution in [0.2, 0.25) is 0 Å². The van der Waals surface area contributed by atoms with Gasteiger partial charge in [-0.05, 0) is 19.4 Å². The van der Waals surface area contributed by atoms with Crippen LogP contribution in [0.4, 0.5) is 5.13 Å². The Hall–Kier alpha value is -2.47. The Balaban J connectivity index is 1.73. The highest BCUT2D eigenvalue weighted by atomic mass is 32.1. The number of hydrogen-bond donors (Lipinski definition) is 1. The van der Waals surface area contributed by atoms with E-state index in [1.165, 1.54) is 11.3 Å². The molecular weight excluding hydrogens is 296 g/mol. The highest BCUT2D eigenvalue weighted by Crippen LogP contribution is 2.21. The number of carbonyl (C=O) groups is 1. The Morgan fingerprint density at radius 1 is 1.27 bits per heavy atom. The first-order valence-corrected chi connectivity index (χ1v) is 7.84. The first-order valence-electron chi connectivity index (χ1n) is 6.96. The monoisotopic (exact) mass is 312 g/mol. The summed E-state index contributed by atoms with van der Waals surface area (Å²) < 4.78 is 1.66. The fourth-order valence-electron chi connectivity index (χ4n) is 2.07. The maximum absolute atomic E-state index is 12.3. The zero-order valence-corrected chi connectivity index (χ0v) is 13.2. The maximum Gasteiger partial charge on any atom is 0.250 e. The number of hydrogen-bond acceptors (Lipinski definition) is 4. The van der Waals surface area contributed by atoms with E-state index in [0.29, 0.717) is 5.13 Å². The Labute approximate surface area is 132 Å². The van der Waals surface area contributed by atoms with Crippen LogP contribution in [0, 0.1) is 6.92 Å². The fourth-order valence-corrected chi connectivity index (χ4v) is 2.76. The zero-order chi connectivity index (χ0) is 15.5. The summed E-state index contributed by atoms with van der Waals surface area (Å²) in [4.78, 5) is 16.5. The second kappa shape index (κ2) is 6.11. The minimum Gasteiger partial charge on any atom is -0.300 e. The normalized spacial score (nSPS) is 12.1. The number of benzene rings is 1. The van der Waals surface area contributed by atoms with Gasteiger partial charge in [-0.1, -0.05) is 30.3 Å². The molecule has 1 unspecified atom stereocenters. The van der Waals surface area contributed by atoms with Gasteiger partial charge in [-0.3, -0.25) is 9.48 Å². The number of nitrogens with one attached hydrogen (secondary N) is 1. The topological polar surface area (TPSA) is 59.8 Å². The standard InChI is InChI=1S/C16H16N4OS/c1-11-10-22-16(18-11)19-15(21)12(2)20-9-14(8-17-20)13-6-4-3-5-7-13/h3-10,12H,1-2H3,(H,18,19,21). The lowest BCUT2D eigenvalue weighted by Crippen LogP contribution is -2.23. The van der Waals surface area contributed by atoms with E-state index in [0.717, 1.165) is 16.8 Å². The van der Waals surface area contributed by atoms with Crippen molar-refractivity contribution in [1.29, 1.82) is 0 Å². The highest BCUT2D eigenvalue weighted by molar-refractivity contribution is 7.13. The quantitative estimate of drug-likeness (QED) is 0.802. The molecule has 0 aliphatic rings. The molecule has 2 heterocycles. The van der Waals surface area contributed by atoms with E-state index in [1.807, 2.05) is 55.8 Å². The van der Waals surface area contributed by atoms with E-state index in [4.69, 9.17) is 0 Å². The second-order valence-corrected chi connectivity index (χ2v) is 5.89. The SMILES string of the molecule is Cc1csc(NC(=O)C(C)n2cc(-c3ccccc3)cn2)n1. The van der Waals surface area contributed by atoms with Crippen LogP contribution in [0.3, 0.4) is 0 Å². The summed E-state index contributed by atoms with van der Waals surface area (Å²) in [6.07, 6.45) is 3.65. The number of nitrogens with zero attached hydrogens (tertiary/aromatic N) is 3. The van der Waals surface area contributed by atoms with Crippen molar-refractivity contribution in [3.63, 3.8) is 0 Å². The van der Waals surface area contributed by atoms with Crippen LogP contribution in [0.5, 0.6) is 0 Å². The van der Waals surface area contributed by atoms with Crippen LogP contribution in [0.25, 0.3) is 11.1 Å². The summed E-state index contributed by atoms with van der Waals surface area (Å²) in [6, 6.07) is 9.57. The smallest absolute Gasteiger partial charge is 0.250 e. The molecule has 1 amide bonds. The molecule has 1 atom stereocenters. The van der Waals surface area contributed by atoms with Gasteiger partial charge in [0, 0.05) is 17.1 Å². The number of anilines is 1. The number of aryl methyl sites for hydroxylation is 1. The maximum atomic E-state index is 12.3. The Morgan fingerprint density at radius 2 is 2.05 bits per heavy atom. The Morgan fingerprint density at radius 3 is 2.73 bits per heavy atom. The molecule has 5 nitrogen and oxygen atoms in total. The number of rotatable bonds is 4. The summed E-state index contributed by atoms with van der Waals surface area (Å²) in [5, 5.41) is 9.64. The van der Waals surface area contributed by atoms with Crippen LogP contribution in [-0.4, -0.2) is 20.7 Å². The average molecular weight is 312 g/mol. The third kappa shape index (κ3) is 3.07. The van der Waals surface area contributed by atoms with Crippen molar-refractivity contribution in [3.05, 3.63) is 53.8 Å². The molecule has 0 radical (unpaired) electrons. The van der Waals surface area contributed by atoms with E-state index in [1.54, 1.807) is 10.9 Å². The van der Waals surface area contributed by atoms with Crippen molar-refractivity contribution in [1.82, 2.24) is 14.8 Å². The van der Waals surface area contributed by atoms with Crippen LogP contribution in [-0.2, 0) is 4.79 Å². The summed E-state index contributed by atoms with van der Waals surface area (Å²) in [5.74, 6) is -0.128. The van der Waals surface area contributed by atoms with E-state index in [9.17, 15) is 4.79 Å². The third-order valence-corrected chi connectivity index (χ3v) is 4.21. The number of amides is 1. The lowest BCUT2D eigenvalue weighted by atomic mass is 10.1. The summed E-state index contributed by atoms with van der Waals surface area (Å²) in [7, 11) is 0. The molecule has 0 saturated heterocycles. The predicted octanol–water partition coefficient (Wildman–Crippen LogP) is 3.51. The van der Waals surface area contributed by atoms with Gasteiger partial charge in [0.2, 0.25) is 0 Å². The van der Waals surface area contributed by atoms with Crippen molar-refractivity contribution in [3.8, 4) is 11.1 Å². The highest BCUT2D eigenvalue weighted by Gasteiger charge is 2.17. The summed E-state index contributed by atoms with van der Waals surface area (Å²) >= 11 is 1.42. The van der Waals surface area contributed by atoms with Gasteiger partial charge in [0.1, 0.15) is 6.04 Å². The van der Waals surface area contributed by atoms with Gasteiger partial charge in [0.05, 0.1) is 11.9 Å². The molecule has 6 heteroatoms. The Kier molecular flexibility index (Phi) is 4.02. The molecular formula is C16H16N4OS. The largest absolute Gasteiger partial charge is 0.300 e. The molecule has 3 rings (SSSR count). The summed E-state index contributed by atoms with van der Waals surface area (Å²) in [6.45, 7) is 3.72. The van der Waals surface area contributed by atoms with Gasteiger partial charge >= 0.3 is 0 Å². The molecule has 3 aromatic rings. The number of thiazole rings is 1. The Bertz CT molecular complexity index is 778. The molecule has 2 aromatic heterocycles. The molecule has 0 aliphatic heterocycles. The second-order valence-electron chi connectivity index (χ2n) is 5.03. The van der Waals surface area contributed by atoms with Crippen LogP contribution < -0.4 is 5.32 Å². The van der Waals surface area contributed by atoms with Crippen molar-refractivity contribution in [2.75, 3.05) is 5.32 Å². The van der Waals surface area contributed by atoms with Gasteiger partial charge in [0.15, 0.2) is 5.13 Å². The van der Waals surface area contributed by atoms with Gasteiger partial charge in [0.25, 0.3) is 5.91 Å². The molecule has 22 heavy (non-hydrogen) atoms. The summed E-state index contributed by atoms with van der Waals surface area (Å²) in [5.41, 5.74) is 2.97. The molecule has 1 aromatic carbocycles. The van der Waals surface area contributed by atoms with E-state index in [-0.39, 0.29) is 5.91 Å². The van der Waals surface area contributed by atoms with Crippen molar-refractivity contribution in [2.45, 2.75) is 19.9 Å². The van der Waals surface area contributed by atoms with Gasteiger partial charge in [-0.25, -0.2) is 4.98 Å². The van der Waals surface area contributed by atoms with Crippen molar-refractivity contribution in [2.24, 2.45) is 0 Å². The molecule has 0 bridgehead atoms. The van der Waals surface area contributed by atoms with Crippen LogP contribution in [0.1, 0.15) is 18.7 Å². The van der Waals surface area contributed by atoms with Gasteiger partial charge in [-0.2, -0.15) is 5.10 Å². The van der Waals surface area contributed by atoms with Crippen molar-refractivity contribution < 1.29 is 4.79 Å². The molecule has 0 saturated carbocycles. The third-order valence-electron chi connectivity index (χ3n) is 3.33. The van der Waals surface area contributed by atoms with E-state index in [2.05, 4.69) is 15.4 Å². The first-order chi connectivity index (χ1) is 10.6. The van der Waals surface area contributed by atoms with Crippen molar-refractivity contribution >= 4 is 22.4 Å². The minimum atomic E-state index is -0.401. The first kappa shape index (κ1) is 14.5. The minimum absolute atomic E-state index is 0.128. The molecule has 0 spiro atoms. The van der Waals surface area contributed by atoms with Gasteiger partial charge < -0.3 is 5.32 Å². The lowest BCUT2D eigenvalue weighted by molar-refractivity contribution is -0.119. The lowest BCUT2D eigenvalue weighted by Gasteiger charge is -2.10. The van der Waals surface area contributed by atoms with Crippen LogP contribution >= 0.6 is 11.3 Å². The van der Waals surface area contributed by atoms with Crippen LogP contribution in [0.15, 0.2) is 48.1 Å². The average Bonchev–Trinajstić information content (AvgIpc) is 3.17.